The van der Waals surface area contributed by atoms with Gasteiger partial charge < -0.3 is 64.2 Å². The molecule has 0 saturated carbocycles. The topological polar surface area (TPSA) is 214 Å². The summed E-state index contributed by atoms with van der Waals surface area (Å²) in [6.45, 7) is 3.49. The molecule has 0 spiro atoms. The maximum Gasteiger partial charge on any atom is 0.306 e. The van der Waals surface area contributed by atoms with Crippen molar-refractivity contribution < 1.29 is 69.0 Å². The van der Waals surface area contributed by atoms with Crippen LogP contribution >= 0.6 is 0 Å². The third-order valence-corrected chi connectivity index (χ3v) is 11.5. The summed E-state index contributed by atoms with van der Waals surface area (Å²) in [4.78, 5) is 13.0. The predicted octanol–water partition coefficient (Wildman–Crippen LogP) is 6.96. The standard InChI is InChI=1S/C51H88O14/c1-3-5-7-9-11-13-15-17-19-20-21-22-24-26-28-30-32-34-43(53)63-40(37-60-35-33-31-29-27-25-23-18-16-14-12-10-8-6-4-2)38-61-50-49(59)47(57)45(55)42(65-50)39-62-51-48(58)46(56)44(54)41(36-52)64-51/h5,7,11,13,17,19,21-22,26,28,40-42,44-52,54-59H,3-4,6,8-10,12,14-16,18,20,23-25,27,29-39H2,1-2H3/b7-5-,13-11-,19-17-,22-21-,28-26-. The summed E-state index contributed by atoms with van der Waals surface area (Å²) in [6, 6.07) is 0. The molecular formula is C51H88O14. The minimum absolute atomic E-state index is 0.0383. The van der Waals surface area contributed by atoms with Crippen molar-refractivity contribution in [2.45, 2.75) is 223 Å². The van der Waals surface area contributed by atoms with Gasteiger partial charge in [-0.05, 0) is 51.4 Å². The number of esters is 1. The Balaban J connectivity index is 1.81. The molecule has 0 aromatic heterocycles. The van der Waals surface area contributed by atoms with Crippen molar-refractivity contribution in [2.24, 2.45) is 0 Å². The highest BCUT2D eigenvalue weighted by molar-refractivity contribution is 5.69. The number of allylic oxidation sites excluding steroid dienone is 10. The Morgan fingerprint density at radius 3 is 1.51 bits per heavy atom. The van der Waals surface area contributed by atoms with Gasteiger partial charge in [0.2, 0.25) is 0 Å². The van der Waals surface area contributed by atoms with Gasteiger partial charge in [-0.2, -0.15) is 0 Å². The summed E-state index contributed by atoms with van der Waals surface area (Å²) in [5, 5.41) is 72.0. The SMILES string of the molecule is CC/C=C\C/C=C\C/C=C\C/C=C\C/C=C\CCCC(=O)OC(COCCCCCCCCCCCCCCCC)COC1OC(COC2OC(CO)C(O)C(O)C2O)C(O)C(O)C1O. The van der Waals surface area contributed by atoms with E-state index in [1.165, 1.54) is 70.6 Å². The van der Waals surface area contributed by atoms with Crippen LogP contribution in [0.5, 0.6) is 0 Å². The number of aliphatic hydroxyl groups excluding tert-OH is 7. The van der Waals surface area contributed by atoms with Gasteiger partial charge in [0.1, 0.15) is 54.9 Å². The molecule has 0 amide bonds. The van der Waals surface area contributed by atoms with Gasteiger partial charge in [-0.3, -0.25) is 4.79 Å². The van der Waals surface area contributed by atoms with Gasteiger partial charge in [0, 0.05) is 13.0 Å². The Hall–Kier alpha value is -2.31. The average molecular weight is 925 g/mol. The molecule has 14 nitrogen and oxygen atoms in total. The molecular weight excluding hydrogens is 837 g/mol. The van der Waals surface area contributed by atoms with Crippen molar-refractivity contribution in [3.8, 4) is 0 Å². The maximum absolute atomic E-state index is 13.0. The van der Waals surface area contributed by atoms with Gasteiger partial charge in [0.25, 0.3) is 0 Å². The zero-order valence-electron chi connectivity index (χ0n) is 39.7. The van der Waals surface area contributed by atoms with Crippen molar-refractivity contribution in [2.75, 3.05) is 33.0 Å². The first-order valence-corrected chi connectivity index (χ1v) is 24.9. The summed E-state index contributed by atoms with van der Waals surface area (Å²) < 4.78 is 34.2. The molecule has 11 atom stereocenters. The van der Waals surface area contributed by atoms with Crippen LogP contribution in [0.25, 0.3) is 0 Å². The fourth-order valence-electron chi connectivity index (χ4n) is 7.50. The van der Waals surface area contributed by atoms with Gasteiger partial charge in [0.15, 0.2) is 12.6 Å². The second-order valence-electron chi connectivity index (χ2n) is 17.3. The first-order chi connectivity index (χ1) is 31.6. The van der Waals surface area contributed by atoms with Crippen LogP contribution in [0.4, 0.5) is 0 Å². The Morgan fingerprint density at radius 2 is 0.985 bits per heavy atom. The summed E-state index contributed by atoms with van der Waals surface area (Å²) in [5.41, 5.74) is 0. The highest BCUT2D eigenvalue weighted by Crippen LogP contribution is 2.26. The summed E-state index contributed by atoms with van der Waals surface area (Å²) in [6.07, 6.45) is 28.6. The highest BCUT2D eigenvalue weighted by Gasteiger charge is 2.47. The molecule has 11 unspecified atom stereocenters. The van der Waals surface area contributed by atoms with Crippen LogP contribution in [0.2, 0.25) is 0 Å². The Morgan fingerprint density at radius 1 is 0.523 bits per heavy atom. The molecule has 2 saturated heterocycles. The Kier molecular flexibility index (Phi) is 35.0. The molecule has 2 aliphatic heterocycles. The largest absolute Gasteiger partial charge is 0.457 e. The molecule has 2 aliphatic rings. The molecule has 0 bridgehead atoms. The van der Waals surface area contributed by atoms with Crippen molar-refractivity contribution >= 4 is 5.97 Å². The van der Waals surface area contributed by atoms with Crippen molar-refractivity contribution in [3.63, 3.8) is 0 Å². The number of unbranched alkanes of at least 4 members (excludes halogenated alkanes) is 14. The van der Waals surface area contributed by atoms with E-state index in [0.29, 0.717) is 19.4 Å². The van der Waals surface area contributed by atoms with E-state index >= 15 is 0 Å². The first kappa shape index (κ1) is 58.8. The number of hydrogen-bond donors (Lipinski definition) is 7. The average Bonchev–Trinajstić information content (AvgIpc) is 3.30. The zero-order chi connectivity index (χ0) is 47.3. The Labute approximate surface area is 390 Å². The molecule has 2 rings (SSSR count). The normalized spacial score (nSPS) is 27.0. The third-order valence-electron chi connectivity index (χ3n) is 11.5. The van der Waals surface area contributed by atoms with Crippen LogP contribution in [-0.2, 0) is 33.2 Å². The van der Waals surface area contributed by atoms with Crippen molar-refractivity contribution in [1.29, 1.82) is 0 Å². The molecule has 7 N–H and O–H groups in total. The molecule has 14 heteroatoms. The number of hydrogen-bond acceptors (Lipinski definition) is 14. The molecule has 376 valence electrons. The number of rotatable bonds is 38. The lowest BCUT2D eigenvalue weighted by Crippen LogP contribution is -2.61. The molecule has 0 aromatic carbocycles. The number of ether oxygens (including phenoxy) is 6. The zero-order valence-corrected chi connectivity index (χ0v) is 39.7. The van der Waals surface area contributed by atoms with E-state index in [9.17, 15) is 40.5 Å². The minimum atomic E-state index is -1.72. The van der Waals surface area contributed by atoms with Crippen LogP contribution in [0.15, 0.2) is 60.8 Å². The molecule has 0 aromatic rings. The molecule has 0 aliphatic carbocycles. The van der Waals surface area contributed by atoms with Crippen LogP contribution in [-0.4, -0.2) is 142 Å². The van der Waals surface area contributed by atoms with Gasteiger partial charge in [-0.1, -0.05) is 158 Å². The van der Waals surface area contributed by atoms with Gasteiger partial charge in [0.05, 0.1) is 26.4 Å². The van der Waals surface area contributed by atoms with Crippen molar-refractivity contribution in [1.82, 2.24) is 0 Å². The van der Waals surface area contributed by atoms with Gasteiger partial charge >= 0.3 is 5.97 Å². The maximum atomic E-state index is 13.0. The smallest absolute Gasteiger partial charge is 0.306 e. The van der Waals surface area contributed by atoms with Gasteiger partial charge in [-0.25, -0.2) is 0 Å². The monoisotopic (exact) mass is 925 g/mol. The van der Waals surface area contributed by atoms with E-state index < -0.39 is 86.7 Å². The van der Waals surface area contributed by atoms with E-state index in [2.05, 4.69) is 68.5 Å². The molecule has 65 heavy (non-hydrogen) atoms. The van der Waals surface area contributed by atoms with E-state index in [1.807, 2.05) is 6.08 Å². The predicted molar refractivity (Wildman–Crippen MR) is 252 cm³/mol. The fourth-order valence-corrected chi connectivity index (χ4v) is 7.50. The van der Waals surface area contributed by atoms with Crippen LogP contribution in [0.1, 0.15) is 155 Å². The summed E-state index contributed by atoms with van der Waals surface area (Å²) >= 11 is 0. The lowest BCUT2D eigenvalue weighted by molar-refractivity contribution is -0.332. The number of aliphatic hydroxyl groups is 7. The van der Waals surface area contributed by atoms with Crippen LogP contribution in [0, 0.1) is 0 Å². The summed E-state index contributed by atoms with van der Waals surface area (Å²) in [5.74, 6) is -0.433. The third kappa shape index (κ3) is 26.7. The Bertz CT molecular complexity index is 1300. The number of carbonyl (C=O) groups is 1. The summed E-state index contributed by atoms with van der Waals surface area (Å²) in [7, 11) is 0. The van der Waals surface area contributed by atoms with Crippen LogP contribution < -0.4 is 0 Å². The van der Waals surface area contributed by atoms with Crippen LogP contribution in [0.3, 0.4) is 0 Å². The van der Waals surface area contributed by atoms with E-state index in [0.717, 1.165) is 51.4 Å². The van der Waals surface area contributed by atoms with Gasteiger partial charge in [-0.15, -0.1) is 0 Å². The molecule has 2 fully saturated rings. The molecule has 2 heterocycles. The van der Waals surface area contributed by atoms with Crippen molar-refractivity contribution in [3.05, 3.63) is 60.8 Å². The lowest BCUT2D eigenvalue weighted by atomic mass is 9.98. The number of carbonyl (C=O) groups excluding carboxylic acids is 1. The quantitative estimate of drug-likeness (QED) is 0.0190. The second-order valence-corrected chi connectivity index (χ2v) is 17.3. The fraction of sp³-hybridized carbons (Fsp3) is 0.784. The minimum Gasteiger partial charge on any atom is -0.457 e. The highest BCUT2D eigenvalue weighted by atomic mass is 16.7. The van der Waals surface area contributed by atoms with E-state index in [4.69, 9.17) is 28.4 Å². The first-order valence-electron chi connectivity index (χ1n) is 24.9. The van der Waals surface area contributed by atoms with E-state index in [1.54, 1.807) is 0 Å². The van der Waals surface area contributed by atoms with E-state index in [-0.39, 0.29) is 19.6 Å². The lowest BCUT2D eigenvalue weighted by Gasteiger charge is -2.42. The second kappa shape index (κ2) is 38.6. The molecule has 0 radical (unpaired) electrons.